The highest BCUT2D eigenvalue weighted by Crippen LogP contribution is 2.17. The van der Waals surface area contributed by atoms with E-state index in [-0.39, 0.29) is 12.5 Å². The highest BCUT2D eigenvalue weighted by atomic mass is 19.3. The summed E-state index contributed by atoms with van der Waals surface area (Å²) in [5, 5.41) is 9.67. The van der Waals surface area contributed by atoms with Crippen molar-refractivity contribution in [3.8, 4) is 0 Å². The van der Waals surface area contributed by atoms with Crippen LogP contribution in [0.3, 0.4) is 0 Å². The normalized spacial score (nSPS) is 24.9. The molecule has 2 unspecified atom stereocenters. The maximum Gasteiger partial charge on any atom is 0.251 e. The molecule has 5 heteroatoms. The summed E-state index contributed by atoms with van der Waals surface area (Å²) in [6.07, 6.45) is -2.07. The highest BCUT2D eigenvalue weighted by Gasteiger charge is 2.25. The standard InChI is InChI=1S/C9H17F2NO2/c1-12(5-9(10)11)4-8(13)7-2-3-14-6-7/h7-9,13H,2-6H2,1H3. The molecule has 0 radical (unpaired) electrons. The number of aliphatic hydroxyl groups is 1. The Morgan fingerprint density at radius 1 is 1.50 bits per heavy atom. The summed E-state index contributed by atoms with van der Waals surface area (Å²) in [7, 11) is 1.59. The number of alkyl halides is 2. The van der Waals surface area contributed by atoms with Gasteiger partial charge in [-0.25, -0.2) is 8.78 Å². The predicted molar refractivity (Wildman–Crippen MR) is 48.4 cm³/mol. The molecule has 0 aliphatic carbocycles. The zero-order valence-corrected chi connectivity index (χ0v) is 8.33. The number of nitrogens with zero attached hydrogens (tertiary/aromatic N) is 1. The highest BCUT2D eigenvalue weighted by molar-refractivity contribution is 4.75. The monoisotopic (exact) mass is 209 g/mol. The summed E-state index contributed by atoms with van der Waals surface area (Å²) >= 11 is 0. The molecule has 0 aromatic rings. The van der Waals surface area contributed by atoms with Crippen LogP contribution in [0.25, 0.3) is 0 Å². The van der Waals surface area contributed by atoms with E-state index in [0.717, 1.165) is 6.42 Å². The number of aliphatic hydroxyl groups excluding tert-OH is 1. The fourth-order valence-corrected chi connectivity index (χ4v) is 1.63. The zero-order valence-electron chi connectivity index (χ0n) is 8.33. The fraction of sp³-hybridized carbons (Fsp3) is 1.00. The molecule has 0 spiro atoms. The van der Waals surface area contributed by atoms with Crippen molar-refractivity contribution in [1.29, 1.82) is 0 Å². The minimum absolute atomic E-state index is 0.107. The Morgan fingerprint density at radius 2 is 2.21 bits per heavy atom. The first-order valence-electron chi connectivity index (χ1n) is 4.82. The second-order valence-electron chi connectivity index (χ2n) is 3.80. The van der Waals surface area contributed by atoms with E-state index in [0.29, 0.717) is 19.8 Å². The van der Waals surface area contributed by atoms with Gasteiger partial charge in [0.25, 0.3) is 6.43 Å². The van der Waals surface area contributed by atoms with Crippen molar-refractivity contribution >= 4 is 0 Å². The number of ether oxygens (including phenoxy) is 1. The van der Waals surface area contributed by atoms with E-state index in [1.165, 1.54) is 4.90 Å². The molecule has 84 valence electrons. The second kappa shape index (κ2) is 5.58. The third-order valence-corrected chi connectivity index (χ3v) is 2.46. The molecule has 1 fully saturated rings. The van der Waals surface area contributed by atoms with Crippen LogP contribution in [0.2, 0.25) is 0 Å². The van der Waals surface area contributed by atoms with Gasteiger partial charge >= 0.3 is 0 Å². The largest absolute Gasteiger partial charge is 0.391 e. The summed E-state index contributed by atoms with van der Waals surface area (Å²) in [5.41, 5.74) is 0. The molecular formula is C9H17F2NO2. The molecule has 0 amide bonds. The van der Waals surface area contributed by atoms with Crippen LogP contribution in [-0.4, -0.2) is 55.9 Å². The molecule has 14 heavy (non-hydrogen) atoms. The maximum absolute atomic E-state index is 12.0. The summed E-state index contributed by atoms with van der Waals surface area (Å²) in [6, 6.07) is 0. The molecule has 0 aromatic carbocycles. The third-order valence-electron chi connectivity index (χ3n) is 2.46. The van der Waals surface area contributed by atoms with Gasteiger partial charge in [0.1, 0.15) is 0 Å². The van der Waals surface area contributed by atoms with Crippen LogP contribution in [0, 0.1) is 5.92 Å². The number of likely N-dealkylation sites (N-methyl/N-ethyl adjacent to an activating group) is 1. The van der Waals surface area contributed by atoms with Crippen molar-refractivity contribution in [3.05, 3.63) is 0 Å². The molecule has 0 bridgehead atoms. The van der Waals surface area contributed by atoms with Gasteiger partial charge < -0.3 is 9.84 Å². The van der Waals surface area contributed by atoms with E-state index < -0.39 is 12.5 Å². The molecule has 1 N–H and O–H groups in total. The molecule has 3 nitrogen and oxygen atoms in total. The average Bonchev–Trinajstić information content (AvgIpc) is 2.53. The maximum atomic E-state index is 12.0. The van der Waals surface area contributed by atoms with Crippen molar-refractivity contribution in [2.75, 3.05) is 33.4 Å². The minimum atomic E-state index is -2.34. The topological polar surface area (TPSA) is 32.7 Å². The Morgan fingerprint density at radius 3 is 2.71 bits per heavy atom. The Kier molecular flexibility index (Phi) is 4.71. The zero-order chi connectivity index (χ0) is 10.6. The lowest BCUT2D eigenvalue weighted by Crippen LogP contribution is -2.36. The number of rotatable bonds is 5. The first kappa shape index (κ1) is 11.8. The summed E-state index contributed by atoms with van der Waals surface area (Å²) in [5.74, 6) is 0.107. The summed E-state index contributed by atoms with van der Waals surface area (Å²) < 4.78 is 29.0. The molecule has 1 aliphatic rings. The Balaban J connectivity index is 2.21. The molecule has 1 rings (SSSR count). The molecule has 1 aliphatic heterocycles. The van der Waals surface area contributed by atoms with E-state index in [2.05, 4.69) is 0 Å². The summed E-state index contributed by atoms with van der Waals surface area (Å²) in [4.78, 5) is 1.45. The Hall–Kier alpha value is -0.260. The fourth-order valence-electron chi connectivity index (χ4n) is 1.63. The van der Waals surface area contributed by atoms with E-state index >= 15 is 0 Å². The van der Waals surface area contributed by atoms with Crippen molar-refractivity contribution in [2.45, 2.75) is 19.0 Å². The second-order valence-corrected chi connectivity index (χ2v) is 3.80. The molecule has 0 saturated carbocycles. The van der Waals surface area contributed by atoms with Crippen LogP contribution in [0.15, 0.2) is 0 Å². The van der Waals surface area contributed by atoms with E-state index in [4.69, 9.17) is 4.74 Å². The molecule has 1 heterocycles. The van der Waals surface area contributed by atoms with Gasteiger partial charge in [0.15, 0.2) is 0 Å². The van der Waals surface area contributed by atoms with E-state index in [1.54, 1.807) is 7.05 Å². The van der Waals surface area contributed by atoms with Crippen molar-refractivity contribution in [3.63, 3.8) is 0 Å². The molecule has 0 aromatic heterocycles. The lowest BCUT2D eigenvalue weighted by molar-refractivity contribution is 0.0390. The average molecular weight is 209 g/mol. The van der Waals surface area contributed by atoms with E-state index in [9.17, 15) is 13.9 Å². The number of hydrogen-bond donors (Lipinski definition) is 1. The molecule has 1 saturated heterocycles. The van der Waals surface area contributed by atoms with Crippen LogP contribution in [-0.2, 0) is 4.74 Å². The predicted octanol–water partition coefficient (Wildman–Crippen LogP) is 0.581. The third kappa shape index (κ3) is 3.86. The van der Waals surface area contributed by atoms with Crippen LogP contribution in [0.4, 0.5) is 8.78 Å². The van der Waals surface area contributed by atoms with Crippen LogP contribution >= 0.6 is 0 Å². The van der Waals surface area contributed by atoms with Gasteiger partial charge in [0, 0.05) is 19.1 Å². The first-order chi connectivity index (χ1) is 6.59. The smallest absolute Gasteiger partial charge is 0.251 e. The van der Waals surface area contributed by atoms with Gasteiger partial charge in [-0.3, -0.25) is 4.90 Å². The Bertz CT molecular complexity index is 163. The van der Waals surface area contributed by atoms with Gasteiger partial charge in [0.2, 0.25) is 0 Å². The quantitative estimate of drug-likeness (QED) is 0.719. The lowest BCUT2D eigenvalue weighted by Gasteiger charge is -2.23. The first-order valence-corrected chi connectivity index (χ1v) is 4.82. The van der Waals surface area contributed by atoms with Crippen LogP contribution < -0.4 is 0 Å². The van der Waals surface area contributed by atoms with Crippen molar-refractivity contribution < 1.29 is 18.6 Å². The Labute approximate surface area is 82.7 Å². The van der Waals surface area contributed by atoms with Gasteiger partial charge in [-0.2, -0.15) is 0 Å². The number of hydrogen-bond acceptors (Lipinski definition) is 3. The molecular weight excluding hydrogens is 192 g/mol. The van der Waals surface area contributed by atoms with Crippen molar-refractivity contribution in [1.82, 2.24) is 4.90 Å². The molecule has 2 atom stereocenters. The van der Waals surface area contributed by atoms with Gasteiger partial charge in [-0.05, 0) is 13.5 Å². The lowest BCUT2D eigenvalue weighted by atomic mass is 10.0. The minimum Gasteiger partial charge on any atom is -0.391 e. The number of halogens is 2. The van der Waals surface area contributed by atoms with Gasteiger partial charge in [-0.15, -0.1) is 0 Å². The SMILES string of the molecule is CN(CC(F)F)CC(O)C1CCOC1. The van der Waals surface area contributed by atoms with Gasteiger partial charge in [0.05, 0.1) is 19.3 Å². The van der Waals surface area contributed by atoms with Crippen LogP contribution in [0.1, 0.15) is 6.42 Å². The summed E-state index contributed by atoms with van der Waals surface area (Å²) in [6.45, 7) is 1.22. The van der Waals surface area contributed by atoms with Crippen LogP contribution in [0.5, 0.6) is 0 Å². The van der Waals surface area contributed by atoms with Gasteiger partial charge in [-0.1, -0.05) is 0 Å². The van der Waals surface area contributed by atoms with E-state index in [1.807, 2.05) is 0 Å². The van der Waals surface area contributed by atoms with Crippen molar-refractivity contribution in [2.24, 2.45) is 5.92 Å².